The Morgan fingerprint density at radius 2 is 1.55 bits per heavy atom. The van der Waals surface area contributed by atoms with E-state index in [-0.39, 0.29) is 17.4 Å². The van der Waals surface area contributed by atoms with E-state index in [0.29, 0.717) is 25.2 Å². The number of rotatable bonds is 8. The van der Waals surface area contributed by atoms with Crippen molar-refractivity contribution in [3.05, 3.63) is 95.8 Å². The highest BCUT2D eigenvalue weighted by atomic mass is 16.2. The van der Waals surface area contributed by atoms with Crippen molar-refractivity contribution < 1.29 is 9.59 Å². The fraction of sp³-hybridized carbons (Fsp3) is 0.240. The molecule has 3 amide bonds. The van der Waals surface area contributed by atoms with Crippen LogP contribution < -0.4 is 16.0 Å². The fourth-order valence-electron chi connectivity index (χ4n) is 3.27. The first-order chi connectivity index (χ1) is 14.9. The summed E-state index contributed by atoms with van der Waals surface area (Å²) in [5.41, 5.74) is 3.44. The van der Waals surface area contributed by atoms with Crippen molar-refractivity contribution in [3.8, 4) is 0 Å². The van der Waals surface area contributed by atoms with E-state index in [4.69, 9.17) is 0 Å². The predicted octanol–water partition coefficient (Wildman–Crippen LogP) is 4.39. The number of carbonyl (C=O) groups is 2. The van der Waals surface area contributed by atoms with Crippen LogP contribution in [0.5, 0.6) is 0 Å². The third-order valence-corrected chi connectivity index (χ3v) is 5.03. The Morgan fingerprint density at radius 1 is 0.839 bits per heavy atom. The van der Waals surface area contributed by atoms with Crippen LogP contribution in [0.2, 0.25) is 0 Å². The molecule has 0 saturated carbocycles. The fourth-order valence-corrected chi connectivity index (χ4v) is 3.27. The van der Waals surface area contributed by atoms with Crippen LogP contribution in [0, 0.1) is 0 Å². The molecule has 0 atom stereocenters. The summed E-state index contributed by atoms with van der Waals surface area (Å²) in [6.07, 6.45) is 3.77. The lowest BCUT2D eigenvalue weighted by Gasteiger charge is -2.24. The summed E-state index contributed by atoms with van der Waals surface area (Å²) in [7, 11) is 0. The maximum absolute atomic E-state index is 12.5. The van der Waals surface area contributed by atoms with E-state index < -0.39 is 0 Å². The molecule has 0 spiro atoms. The van der Waals surface area contributed by atoms with Crippen LogP contribution in [0.4, 0.5) is 10.5 Å². The van der Waals surface area contributed by atoms with Gasteiger partial charge in [0.15, 0.2) is 0 Å². The van der Waals surface area contributed by atoms with Crippen LogP contribution in [0.25, 0.3) is 0 Å². The summed E-state index contributed by atoms with van der Waals surface area (Å²) < 4.78 is 0. The van der Waals surface area contributed by atoms with Crippen LogP contribution in [0.15, 0.2) is 79.1 Å². The summed E-state index contributed by atoms with van der Waals surface area (Å²) in [6.45, 7) is 4.95. The Hall–Kier alpha value is -3.67. The van der Waals surface area contributed by atoms with Crippen LogP contribution in [0.1, 0.15) is 37.0 Å². The van der Waals surface area contributed by atoms with Crippen molar-refractivity contribution >= 4 is 17.6 Å². The van der Waals surface area contributed by atoms with Crippen molar-refractivity contribution in [1.82, 2.24) is 15.6 Å². The van der Waals surface area contributed by atoms with Gasteiger partial charge in [-0.05, 0) is 46.4 Å². The largest absolute Gasteiger partial charge is 0.352 e. The molecule has 2 aromatic carbocycles. The molecule has 0 fully saturated rings. The number of pyridine rings is 1. The molecule has 6 heteroatoms. The molecule has 0 aliphatic carbocycles. The minimum Gasteiger partial charge on any atom is -0.352 e. The molecule has 0 bridgehead atoms. The zero-order valence-corrected chi connectivity index (χ0v) is 17.9. The number of amides is 3. The maximum atomic E-state index is 12.5. The van der Waals surface area contributed by atoms with E-state index in [2.05, 4.69) is 34.8 Å². The highest BCUT2D eigenvalue weighted by molar-refractivity contribution is 5.89. The average molecular weight is 417 g/mol. The van der Waals surface area contributed by atoms with Crippen LogP contribution in [-0.2, 0) is 23.3 Å². The topological polar surface area (TPSA) is 83.1 Å². The van der Waals surface area contributed by atoms with Gasteiger partial charge in [-0.1, -0.05) is 56.3 Å². The van der Waals surface area contributed by atoms with Crippen molar-refractivity contribution in [2.24, 2.45) is 0 Å². The Morgan fingerprint density at radius 3 is 2.29 bits per heavy atom. The van der Waals surface area contributed by atoms with Crippen LogP contribution in [0.3, 0.4) is 0 Å². The minimum atomic E-state index is -0.289. The van der Waals surface area contributed by atoms with E-state index in [1.165, 1.54) is 0 Å². The number of hydrogen-bond acceptors (Lipinski definition) is 3. The first kappa shape index (κ1) is 22.0. The van der Waals surface area contributed by atoms with Crippen molar-refractivity contribution in [2.45, 2.75) is 38.8 Å². The van der Waals surface area contributed by atoms with E-state index in [9.17, 15) is 9.59 Å². The molecule has 0 aliphatic rings. The molecular formula is C25H28N4O2. The lowest BCUT2D eigenvalue weighted by molar-refractivity contribution is -0.122. The molecule has 3 N–H and O–H groups in total. The normalized spacial score (nSPS) is 10.9. The maximum Gasteiger partial charge on any atom is 0.319 e. The Bertz CT molecular complexity index is 1000. The standard InChI is InChI=1S/C25H28N4O2/c1-25(2,21-8-4-3-5-9-21)16-23(30)27-18-20-7-6-10-22(15-20)29-24(31)28-17-19-11-13-26-14-12-19/h3-15H,16-18H2,1-2H3,(H,27,30)(H2,28,29,31). The molecule has 1 heterocycles. The number of nitrogens with one attached hydrogen (secondary N) is 3. The second kappa shape index (κ2) is 10.4. The summed E-state index contributed by atoms with van der Waals surface area (Å²) in [6, 6.07) is 20.9. The molecule has 3 rings (SSSR count). The smallest absolute Gasteiger partial charge is 0.319 e. The number of urea groups is 1. The Labute approximate surface area is 183 Å². The molecule has 160 valence electrons. The van der Waals surface area contributed by atoms with Gasteiger partial charge < -0.3 is 16.0 Å². The summed E-state index contributed by atoms with van der Waals surface area (Å²) in [4.78, 5) is 28.6. The van der Waals surface area contributed by atoms with Gasteiger partial charge in [0.25, 0.3) is 0 Å². The van der Waals surface area contributed by atoms with Gasteiger partial charge in [-0.15, -0.1) is 0 Å². The van der Waals surface area contributed by atoms with E-state index in [1.54, 1.807) is 12.4 Å². The van der Waals surface area contributed by atoms with Gasteiger partial charge in [0.05, 0.1) is 0 Å². The zero-order chi connectivity index (χ0) is 22.1. The quantitative estimate of drug-likeness (QED) is 0.509. The molecule has 0 radical (unpaired) electrons. The van der Waals surface area contributed by atoms with Gasteiger partial charge >= 0.3 is 6.03 Å². The highest BCUT2D eigenvalue weighted by Gasteiger charge is 2.23. The first-order valence-corrected chi connectivity index (χ1v) is 10.3. The highest BCUT2D eigenvalue weighted by Crippen LogP contribution is 2.26. The third-order valence-electron chi connectivity index (χ3n) is 5.03. The monoisotopic (exact) mass is 416 g/mol. The summed E-state index contributed by atoms with van der Waals surface area (Å²) in [5.74, 6) is -0.0118. The molecule has 0 unspecified atom stereocenters. The van der Waals surface area contributed by atoms with Crippen LogP contribution >= 0.6 is 0 Å². The number of anilines is 1. The van der Waals surface area contributed by atoms with E-state index in [0.717, 1.165) is 16.7 Å². The zero-order valence-electron chi connectivity index (χ0n) is 17.9. The van der Waals surface area contributed by atoms with E-state index >= 15 is 0 Å². The Balaban J connectivity index is 1.48. The van der Waals surface area contributed by atoms with Crippen molar-refractivity contribution in [3.63, 3.8) is 0 Å². The predicted molar refractivity (Wildman–Crippen MR) is 122 cm³/mol. The van der Waals surface area contributed by atoms with E-state index in [1.807, 2.05) is 66.7 Å². The minimum absolute atomic E-state index is 0.0118. The number of hydrogen-bond donors (Lipinski definition) is 3. The molecule has 0 aliphatic heterocycles. The lowest BCUT2D eigenvalue weighted by atomic mass is 9.81. The second-order valence-corrected chi connectivity index (χ2v) is 8.07. The molecule has 1 aromatic heterocycles. The van der Waals surface area contributed by atoms with Gasteiger partial charge in [-0.2, -0.15) is 0 Å². The van der Waals surface area contributed by atoms with Gasteiger partial charge in [-0.3, -0.25) is 9.78 Å². The number of benzene rings is 2. The van der Waals surface area contributed by atoms with Gasteiger partial charge in [0.2, 0.25) is 5.91 Å². The second-order valence-electron chi connectivity index (χ2n) is 8.07. The summed E-state index contributed by atoms with van der Waals surface area (Å²) >= 11 is 0. The Kier molecular flexibility index (Phi) is 7.38. The molecule has 3 aromatic rings. The van der Waals surface area contributed by atoms with Gasteiger partial charge in [0.1, 0.15) is 0 Å². The number of carbonyl (C=O) groups excluding carboxylic acids is 2. The van der Waals surface area contributed by atoms with Crippen molar-refractivity contribution in [2.75, 3.05) is 5.32 Å². The number of aromatic nitrogens is 1. The molecule has 0 saturated heterocycles. The first-order valence-electron chi connectivity index (χ1n) is 10.3. The van der Waals surface area contributed by atoms with Crippen molar-refractivity contribution in [1.29, 1.82) is 0 Å². The molecular weight excluding hydrogens is 388 g/mol. The summed E-state index contributed by atoms with van der Waals surface area (Å²) in [5, 5.41) is 8.61. The molecule has 31 heavy (non-hydrogen) atoms. The van der Waals surface area contributed by atoms with Crippen LogP contribution in [-0.4, -0.2) is 16.9 Å². The third kappa shape index (κ3) is 6.96. The SMILES string of the molecule is CC(C)(CC(=O)NCc1cccc(NC(=O)NCc2ccncc2)c1)c1ccccc1. The molecule has 6 nitrogen and oxygen atoms in total. The average Bonchev–Trinajstić information content (AvgIpc) is 2.78. The lowest BCUT2D eigenvalue weighted by Crippen LogP contribution is -2.31. The number of nitrogens with zero attached hydrogens (tertiary/aromatic N) is 1. The van der Waals surface area contributed by atoms with Gasteiger partial charge in [-0.25, -0.2) is 4.79 Å². The van der Waals surface area contributed by atoms with Gasteiger partial charge in [0, 0.05) is 37.6 Å².